The van der Waals surface area contributed by atoms with E-state index in [0.29, 0.717) is 5.92 Å². The molecule has 5 nitrogen and oxygen atoms in total. The molecule has 19 heavy (non-hydrogen) atoms. The summed E-state index contributed by atoms with van der Waals surface area (Å²) in [7, 11) is 0. The molecule has 0 saturated heterocycles. The number of aromatic nitrogens is 4. The van der Waals surface area contributed by atoms with Crippen LogP contribution in [0.25, 0.3) is 0 Å². The van der Waals surface area contributed by atoms with Crippen molar-refractivity contribution in [2.45, 2.75) is 46.5 Å². The van der Waals surface area contributed by atoms with Crippen LogP contribution < -0.4 is 0 Å². The standard InChI is InChI=1S/C14H20N4O/c1-9(2)12-11(5)16-18(13(12)10(3)4)14(19)17-8-6-7-15-17/h6-10H,1-5H3. The van der Waals surface area contributed by atoms with Crippen molar-refractivity contribution in [2.24, 2.45) is 0 Å². The summed E-state index contributed by atoms with van der Waals surface area (Å²) < 4.78 is 2.80. The highest BCUT2D eigenvalue weighted by atomic mass is 16.2. The molecule has 0 spiro atoms. The Morgan fingerprint density at radius 2 is 1.89 bits per heavy atom. The van der Waals surface area contributed by atoms with E-state index in [-0.39, 0.29) is 11.9 Å². The molecular weight excluding hydrogens is 240 g/mol. The molecule has 0 unspecified atom stereocenters. The molecule has 0 aromatic carbocycles. The Bertz CT molecular complexity index is 579. The second-order valence-corrected chi connectivity index (χ2v) is 5.34. The summed E-state index contributed by atoms with van der Waals surface area (Å²) in [6.07, 6.45) is 3.23. The van der Waals surface area contributed by atoms with E-state index in [1.807, 2.05) is 6.92 Å². The van der Waals surface area contributed by atoms with Crippen LogP contribution in [0.4, 0.5) is 4.79 Å². The number of aryl methyl sites for hydroxylation is 1. The fraction of sp³-hybridized carbons (Fsp3) is 0.500. The molecule has 0 radical (unpaired) electrons. The first-order valence-electron chi connectivity index (χ1n) is 6.57. The van der Waals surface area contributed by atoms with Crippen LogP contribution in [0.1, 0.15) is 56.5 Å². The fourth-order valence-corrected chi connectivity index (χ4v) is 2.45. The highest BCUT2D eigenvalue weighted by Crippen LogP contribution is 2.29. The van der Waals surface area contributed by atoms with Crippen molar-refractivity contribution in [2.75, 3.05) is 0 Å². The van der Waals surface area contributed by atoms with Crippen molar-refractivity contribution in [3.05, 3.63) is 35.4 Å². The van der Waals surface area contributed by atoms with Crippen LogP contribution >= 0.6 is 0 Å². The highest BCUT2D eigenvalue weighted by molar-refractivity contribution is 5.78. The molecule has 2 rings (SSSR count). The topological polar surface area (TPSA) is 52.7 Å². The Morgan fingerprint density at radius 1 is 1.21 bits per heavy atom. The quantitative estimate of drug-likeness (QED) is 0.833. The molecular formula is C14H20N4O. The number of hydrogen-bond donors (Lipinski definition) is 0. The lowest BCUT2D eigenvalue weighted by Crippen LogP contribution is -2.24. The van der Waals surface area contributed by atoms with Gasteiger partial charge in [-0.1, -0.05) is 27.7 Å². The van der Waals surface area contributed by atoms with Crippen molar-refractivity contribution in [1.29, 1.82) is 0 Å². The van der Waals surface area contributed by atoms with Gasteiger partial charge in [-0.15, -0.1) is 0 Å². The molecule has 0 atom stereocenters. The summed E-state index contributed by atoms with van der Waals surface area (Å²) in [5.41, 5.74) is 3.06. The van der Waals surface area contributed by atoms with Crippen LogP contribution in [0.5, 0.6) is 0 Å². The Hall–Kier alpha value is -1.91. The monoisotopic (exact) mass is 260 g/mol. The lowest BCUT2D eigenvalue weighted by atomic mass is 9.95. The van der Waals surface area contributed by atoms with Crippen LogP contribution in [0.2, 0.25) is 0 Å². The molecule has 0 fully saturated rings. The average Bonchev–Trinajstić information content (AvgIpc) is 2.94. The first kappa shape index (κ1) is 13.5. The van der Waals surface area contributed by atoms with Crippen LogP contribution in [0.3, 0.4) is 0 Å². The van der Waals surface area contributed by atoms with Crippen molar-refractivity contribution >= 4 is 6.03 Å². The minimum absolute atomic E-state index is 0.233. The zero-order valence-corrected chi connectivity index (χ0v) is 12.1. The van der Waals surface area contributed by atoms with Gasteiger partial charge in [-0.3, -0.25) is 0 Å². The minimum Gasteiger partial charge on any atom is -0.244 e. The molecule has 0 amide bonds. The summed E-state index contributed by atoms with van der Waals surface area (Å²) in [4.78, 5) is 12.4. The van der Waals surface area contributed by atoms with Crippen molar-refractivity contribution in [3.63, 3.8) is 0 Å². The SMILES string of the molecule is Cc1nn(C(=O)n2cccn2)c(C(C)C)c1C(C)C. The molecule has 0 bridgehead atoms. The average molecular weight is 260 g/mol. The normalized spacial score (nSPS) is 11.5. The van der Waals surface area contributed by atoms with Gasteiger partial charge in [-0.2, -0.15) is 19.6 Å². The second-order valence-electron chi connectivity index (χ2n) is 5.34. The molecule has 2 aromatic heterocycles. The van der Waals surface area contributed by atoms with E-state index in [1.165, 1.54) is 9.36 Å². The van der Waals surface area contributed by atoms with Gasteiger partial charge >= 0.3 is 6.03 Å². The third-order valence-electron chi connectivity index (χ3n) is 3.15. The number of hydrogen-bond acceptors (Lipinski definition) is 3. The van der Waals surface area contributed by atoms with Gasteiger partial charge in [-0.05, 0) is 30.4 Å². The zero-order valence-electron chi connectivity index (χ0n) is 12.1. The molecule has 0 aliphatic heterocycles. The third kappa shape index (κ3) is 2.32. The smallest absolute Gasteiger partial charge is 0.244 e. The Labute approximate surface area is 113 Å². The van der Waals surface area contributed by atoms with E-state index < -0.39 is 0 Å². The second kappa shape index (κ2) is 4.99. The number of nitrogens with zero attached hydrogens (tertiary/aromatic N) is 4. The Balaban J connectivity index is 2.58. The van der Waals surface area contributed by atoms with Crippen LogP contribution in [-0.2, 0) is 0 Å². The van der Waals surface area contributed by atoms with Crippen molar-refractivity contribution in [3.8, 4) is 0 Å². The van der Waals surface area contributed by atoms with E-state index in [2.05, 4.69) is 37.9 Å². The van der Waals surface area contributed by atoms with Crippen LogP contribution in [0, 0.1) is 6.92 Å². The molecule has 102 valence electrons. The van der Waals surface area contributed by atoms with E-state index in [4.69, 9.17) is 0 Å². The first-order valence-corrected chi connectivity index (χ1v) is 6.57. The highest BCUT2D eigenvalue weighted by Gasteiger charge is 2.24. The van der Waals surface area contributed by atoms with Gasteiger partial charge in [0.15, 0.2) is 0 Å². The zero-order chi connectivity index (χ0) is 14.2. The maximum Gasteiger partial charge on any atom is 0.369 e. The lowest BCUT2D eigenvalue weighted by molar-refractivity contribution is 0.237. The van der Waals surface area contributed by atoms with Gasteiger partial charge < -0.3 is 0 Å². The molecule has 2 aromatic rings. The molecule has 0 aliphatic carbocycles. The van der Waals surface area contributed by atoms with Crippen molar-refractivity contribution < 1.29 is 4.79 Å². The van der Waals surface area contributed by atoms with Gasteiger partial charge in [0.1, 0.15) is 0 Å². The predicted octanol–water partition coefficient (Wildman–Crippen LogP) is 3.15. The third-order valence-corrected chi connectivity index (χ3v) is 3.15. The maximum absolute atomic E-state index is 12.4. The Morgan fingerprint density at radius 3 is 2.37 bits per heavy atom. The maximum atomic E-state index is 12.4. The van der Waals surface area contributed by atoms with Gasteiger partial charge in [0.2, 0.25) is 0 Å². The molecule has 0 N–H and O–H groups in total. The fourth-order valence-electron chi connectivity index (χ4n) is 2.45. The first-order chi connectivity index (χ1) is 8.93. The van der Waals surface area contributed by atoms with Gasteiger partial charge in [-0.25, -0.2) is 4.79 Å². The largest absolute Gasteiger partial charge is 0.369 e. The van der Waals surface area contributed by atoms with E-state index >= 15 is 0 Å². The van der Waals surface area contributed by atoms with Gasteiger partial charge in [0.05, 0.1) is 11.4 Å². The van der Waals surface area contributed by atoms with Crippen LogP contribution in [-0.4, -0.2) is 25.6 Å². The summed E-state index contributed by atoms with van der Waals surface area (Å²) in [6, 6.07) is 1.50. The summed E-state index contributed by atoms with van der Waals surface area (Å²) >= 11 is 0. The minimum atomic E-state index is -0.233. The number of rotatable bonds is 2. The van der Waals surface area contributed by atoms with Crippen LogP contribution in [0.15, 0.2) is 18.5 Å². The van der Waals surface area contributed by atoms with Crippen molar-refractivity contribution in [1.82, 2.24) is 19.6 Å². The number of carbonyl (C=O) groups is 1. The molecule has 0 saturated carbocycles. The molecule has 0 aliphatic rings. The molecule has 5 heteroatoms. The Kier molecular flexibility index (Phi) is 3.55. The lowest BCUT2D eigenvalue weighted by Gasteiger charge is -2.13. The van der Waals surface area contributed by atoms with E-state index in [0.717, 1.165) is 17.0 Å². The van der Waals surface area contributed by atoms with E-state index in [9.17, 15) is 4.79 Å². The van der Waals surface area contributed by atoms with E-state index in [1.54, 1.807) is 18.5 Å². The van der Waals surface area contributed by atoms with Gasteiger partial charge in [0.25, 0.3) is 0 Å². The summed E-state index contributed by atoms with van der Waals surface area (Å²) in [5, 5.41) is 8.40. The summed E-state index contributed by atoms with van der Waals surface area (Å²) in [5.74, 6) is 0.578. The van der Waals surface area contributed by atoms with Gasteiger partial charge in [0, 0.05) is 12.4 Å². The molecule has 2 heterocycles. The number of carbonyl (C=O) groups excluding carboxylic acids is 1. The summed E-state index contributed by atoms with van der Waals surface area (Å²) in [6.45, 7) is 10.4. The predicted molar refractivity (Wildman–Crippen MR) is 73.6 cm³/mol.